The van der Waals surface area contributed by atoms with Crippen molar-refractivity contribution >= 4 is 45.6 Å². The van der Waals surface area contributed by atoms with Crippen molar-refractivity contribution in [3.05, 3.63) is 57.9 Å². The normalized spacial score (nSPS) is 17.1. The molecule has 3 N–H and O–H groups in total. The summed E-state index contributed by atoms with van der Waals surface area (Å²) in [5.41, 5.74) is 8.54. The molecule has 3 aromatic rings. The van der Waals surface area contributed by atoms with Crippen molar-refractivity contribution in [2.45, 2.75) is 12.8 Å². The van der Waals surface area contributed by atoms with Gasteiger partial charge in [0.1, 0.15) is 0 Å². The fourth-order valence-corrected chi connectivity index (χ4v) is 4.06. The first-order chi connectivity index (χ1) is 12.7. The van der Waals surface area contributed by atoms with Crippen LogP contribution >= 0.6 is 22.9 Å². The number of halogens is 1. The van der Waals surface area contributed by atoms with E-state index in [-0.39, 0.29) is 6.29 Å². The Morgan fingerprint density at radius 3 is 2.92 bits per heavy atom. The lowest BCUT2D eigenvalue weighted by Gasteiger charge is -2.30. The molecule has 0 fully saturated rings. The molecule has 1 aliphatic rings. The second-order valence-corrected chi connectivity index (χ2v) is 7.19. The number of nitrogens with zero attached hydrogens (tertiary/aromatic N) is 4. The van der Waals surface area contributed by atoms with Crippen molar-refractivity contribution in [3.63, 3.8) is 0 Å². The summed E-state index contributed by atoms with van der Waals surface area (Å²) < 4.78 is 2.05. The predicted octanol–water partition coefficient (Wildman–Crippen LogP) is 3.04. The van der Waals surface area contributed by atoms with Gasteiger partial charge in [-0.15, -0.1) is 11.3 Å². The van der Waals surface area contributed by atoms with Gasteiger partial charge in [-0.25, -0.2) is 9.98 Å². The zero-order chi connectivity index (χ0) is 18.1. The highest BCUT2D eigenvalue weighted by atomic mass is 35.5. The van der Waals surface area contributed by atoms with Crippen molar-refractivity contribution in [2.75, 3.05) is 18.5 Å². The van der Waals surface area contributed by atoms with Gasteiger partial charge < -0.3 is 10.3 Å². The van der Waals surface area contributed by atoms with E-state index in [1.165, 1.54) is 0 Å². The Hall–Kier alpha value is -2.19. The molecule has 0 saturated carbocycles. The van der Waals surface area contributed by atoms with Crippen LogP contribution in [0.2, 0.25) is 5.02 Å². The molecule has 0 bridgehead atoms. The van der Waals surface area contributed by atoms with Crippen molar-refractivity contribution in [2.24, 2.45) is 10.7 Å². The highest BCUT2D eigenvalue weighted by Crippen LogP contribution is 2.30. The van der Waals surface area contributed by atoms with Gasteiger partial charge in [-0.3, -0.25) is 10.2 Å². The van der Waals surface area contributed by atoms with Crippen LogP contribution in [0.15, 0.2) is 53.0 Å². The van der Waals surface area contributed by atoms with Crippen LogP contribution in [0.5, 0.6) is 0 Å². The number of benzene rings is 1. The van der Waals surface area contributed by atoms with E-state index in [4.69, 9.17) is 27.3 Å². The van der Waals surface area contributed by atoms with Crippen molar-refractivity contribution < 1.29 is 0 Å². The molecule has 0 saturated heterocycles. The maximum absolute atomic E-state index is 6.43. The van der Waals surface area contributed by atoms with E-state index in [9.17, 15) is 0 Å². The summed E-state index contributed by atoms with van der Waals surface area (Å²) in [4.78, 5) is 12.8. The van der Waals surface area contributed by atoms with Gasteiger partial charge in [-0.2, -0.15) is 0 Å². The molecule has 6 nitrogen and oxygen atoms in total. The number of para-hydroxylation sites is 1. The van der Waals surface area contributed by atoms with Crippen LogP contribution in [-0.2, 0) is 6.54 Å². The lowest BCUT2D eigenvalue weighted by atomic mass is 10.2. The molecule has 3 heterocycles. The van der Waals surface area contributed by atoms with Crippen molar-refractivity contribution in [1.82, 2.24) is 14.9 Å². The van der Waals surface area contributed by atoms with Gasteiger partial charge in [0.05, 0.1) is 26.6 Å². The standard InChI is InChI=1S/C18H19ClN6S/c1-21-17-22-13(15-6-3-11-26-15)7-9-25(17)18-23-14-5-2-4-12(19)16(14)24(18)10-8-20/h2-7,9,11,17,21H,8,10,20H2,1H3. The summed E-state index contributed by atoms with van der Waals surface area (Å²) >= 11 is 8.10. The minimum Gasteiger partial charge on any atom is -0.329 e. The van der Waals surface area contributed by atoms with Crippen LogP contribution in [0.1, 0.15) is 4.88 Å². The van der Waals surface area contributed by atoms with E-state index in [2.05, 4.69) is 21.3 Å². The molecule has 0 amide bonds. The summed E-state index contributed by atoms with van der Waals surface area (Å²) in [6.07, 6.45) is 3.75. The van der Waals surface area contributed by atoms with Gasteiger partial charge in [0.25, 0.3) is 0 Å². The zero-order valence-corrected chi connectivity index (χ0v) is 15.8. The number of thiophene rings is 1. The minimum absolute atomic E-state index is 0.260. The number of nitrogens with one attached hydrogen (secondary N) is 1. The zero-order valence-electron chi connectivity index (χ0n) is 14.3. The Balaban J connectivity index is 1.79. The summed E-state index contributed by atoms with van der Waals surface area (Å²) in [6, 6.07) is 9.83. The van der Waals surface area contributed by atoms with Crippen LogP contribution < -0.4 is 16.0 Å². The SMILES string of the molecule is CNC1N=C(c2cccs2)C=CN1c1nc2cccc(Cl)c2n1CCN. The molecule has 2 aromatic heterocycles. The highest BCUT2D eigenvalue weighted by molar-refractivity contribution is 7.12. The van der Waals surface area contributed by atoms with Crippen LogP contribution in [0.4, 0.5) is 5.95 Å². The average Bonchev–Trinajstić information content (AvgIpc) is 3.30. The van der Waals surface area contributed by atoms with Crippen LogP contribution in [-0.4, -0.2) is 35.1 Å². The molecular formula is C18H19ClN6S. The number of hydrogen-bond acceptors (Lipinski definition) is 6. The molecular weight excluding hydrogens is 368 g/mol. The number of imidazole rings is 1. The van der Waals surface area contributed by atoms with E-state index >= 15 is 0 Å². The number of aliphatic imine (C=N–C) groups is 1. The number of nitrogens with two attached hydrogens (primary N) is 1. The van der Waals surface area contributed by atoms with Crippen molar-refractivity contribution in [1.29, 1.82) is 0 Å². The lowest BCUT2D eigenvalue weighted by Crippen LogP contribution is -2.43. The van der Waals surface area contributed by atoms with Gasteiger partial charge in [-0.05, 0) is 36.7 Å². The second kappa shape index (κ2) is 7.20. The molecule has 1 aromatic carbocycles. The van der Waals surface area contributed by atoms with Gasteiger partial charge in [0, 0.05) is 19.3 Å². The molecule has 4 rings (SSSR count). The fourth-order valence-electron chi connectivity index (χ4n) is 3.09. The average molecular weight is 387 g/mol. The van der Waals surface area contributed by atoms with Gasteiger partial charge in [-0.1, -0.05) is 23.7 Å². The quantitative estimate of drug-likeness (QED) is 0.707. The number of allylic oxidation sites excluding steroid dienone is 1. The smallest absolute Gasteiger partial charge is 0.213 e. The molecule has 8 heteroatoms. The lowest BCUT2D eigenvalue weighted by molar-refractivity contribution is 0.566. The Morgan fingerprint density at radius 1 is 1.31 bits per heavy atom. The van der Waals surface area contributed by atoms with E-state index in [1.54, 1.807) is 11.3 Å². The third kappa shape index (κ3) is 2.93. The Bertz CT molecular complexity index is 975. The molecule has 1 aliphatic heterocycles. The minimum atomic E-state index is -0.260. The van der Waals surface area contributed by atoms with Crippen LogP contribution in [0, 0.1) is 0 Å². The van der Waals surface area contributed by atoms with E-state index in [0.29, 0.717) is 18.1 Å². The molecule has 26 heavy (non-hydrogen) atoms. The molecule has 0 spiro atoms. The number of hydrogen-bond donors (Lipinski definition) is 2. The summed E-state index contributed by atoms with van der Waals surface area (Å²) in [5, 5.41) is 5.96. The molecule has 0 radical (unpaired) electrons. The Kier molecular flexibility index (Phi) is 4.78. The Labute approximate surface area is 160 Å². The van der Waals surface area contributed by atoms with Crippen molar-refractivity contribution in [3.8, 4) is 0 Å². The maximum Gasteiger partial charge on any atom is 0.213 e. The van der Waals surface area contributed by atoms with Gasteiger partial charge in [0.15, 0.2) is 6.29 Å². The first-order valence-corrected chi connectivity index (χ1v) is 9.59. The first-order valence-electron chi connectivity index (χ1n) is 8.33. The van der Waals surface area contributed by atoms with Crippen LogP contribution in [0.25, 0.3) is 11.0 Å². The summed E-state index contributed by atoms with van der Waals surface area (Å²) in [7, 11) is 1.88. The molecule has 134 valence electrons. The van der Waals surface area contributed by atoms with E-state index in [1.807, 2.05) is 48.5 Å². The number of anilines is 1. The maximum atomic E-state index is 6.43. The Morgan fingerprint density at radius 2 is 2.19 bits per heavy atom. The topological polar surface area (TPSA) is 71.5 Å². The third-order valence-corrected chi connectivity index (χ3v) is 5.43. The monoisotopic (exact) mass is 386 g/mol. The second-order valence-electron chi connectivity index (χ2n) is 5.84. The third-order valence-electron chi connectivity index (χ3n) is 4.23. The van der Waals surface area contributed by atoms with Gasteiger partial charge in [0.2, 0.25) is 5.95 Å². The number of rotatable bonds is 5. The predicted molar refractivity (Wildman–Crippen MR) is 109 cm³/mol. The number of aromatic nitrogens is 2. The van der Waals surface area contributed by atoms with E-state index < -0.39 is 0 Å². The van der Waals surface area contributed by atoms with E-state index in [0.717, 1.165) is 27.6 Å². The first kappa shape index (κ1) is 17.2. The largest absolute Gasteiger partial charge is 0.329 e. The summed E-state index contributed by atoms with van der Waals surface area (Å²) in [5.74, 6) is 0.767. The molecule has 0 aliphatic carbocycles. The highest BCUT2D eigenvalue weighted by Gasteiger charge is 2.25. The van der Waals surface area contributed by atoms with Crippen LogP contribution in [0.3, 0.4) is 0 Å². The molecule has 1 atom stereocenters. The molecule has 1 unspecified atom stereocenters. The van der Waals surface area contributed by atoms with Gasteiger partial charge >= 0.3 is 0 Å². The number of fused-ring (bicyclic) bond motifs is 1. The fraction of sp³-hybridized carbons (Fsp3) is 0.222. The summed E-state index contributed by atoms with van der Waals surface area (Å²) in [6.45, 7) is 1.12.